The lowest BCUT2D eigenvalue weighted by Gasteiger charge is -2.28. The van der Waals surface area contributed by atoms with Gasteiger partial charge in [-0.3, -0.25) is 4.79 Å². The van der Waals surface area contributed by atoms with Crippen molar-refractivity contribution in [1.82, 2.24) is 9.80 Å². The van der Waals surface area contributed by atoms with Crippen LogP contribution in [0.1, 0.15) is 55.5 Å². The van der Waals surface area contributed by atoms with Gasteiger partial charge in [-0.05, 0) is 47.0 Å². The number of hydrogen-bond donors (Lipinski definition) is 1. The van der Waals surface area contributed by atoms with Crippen molar-refractivity contribution in [3.05, 3.63) is 88.1 Å². The maximum absolute atomic E-state index is 13.4. The van der Waals surface area contributed by atoms with E-state index in [9.17, 15) is 9.59 Å². The van der Waals surface area contributed by atoms with Gasteiger partial charge in [0.15, 0.2) is 0 Å². The molecular weight excluding hydrogens is 442 g/mol. The minimum Gasteiger partial charge on any atom is -0.332 e. The molecule has 0 unspecified atom stereocenters. The number of urea groups is 1. The zero-order valence-electron chi connectivity index (χ0n) is 20.4. The number of rotatable bonds is 11. The molecule has 0 spiro atoms. The molecule has 0 atom stereocenters. The Morgan fingerprint density at radius 1 is 0.912 bits per heavy atom. The highest BCUT2D eigenvalue weighted by Gasteiger charge is 2.22. The Balaban J connectivity index is 1.71. The SMILES string of the molecule is CCCCN(CC(=O)N(Cc1ccccc1)Cc1cccs1)C(=O)Nc1ccc(C(C)C)cc1. The summed E-state index contributed by atoms with van der Waals surface area (Å²) in [6, 6.07) is 21.7. The summed E-state index contributed by atoms with van der Waals surface area (Å²) in [5, 5.41) is 4.99. The summed E-state index contributed by atoms with van der Waals surface area (Å²) < 4.78 is 0. The van der Waals surface area contributed by atoms with Crippen LogP contribution in [0.3, 0.4) is 0 Å². The van der Waals surface area contributed by atoms with E-state index >= 15 is 0 Å². The zero-order chi connectivity index (χ0) is 24.3. The second-order valence-corrected chi connectivity index (χ2v) is 9.83. The summed E-state index contributed by atoms with van der Waals surface area (Å²) in [5.74, 6) is 0.376. The van der Waals surface area contributed by atoms with Crippen molar-refractivity contribution in [3.63, 3.8) is 0 Å². The molecule has 0 aliphatic heterocycles. The van der Waals surface area contributed by atoms with Crippen molar-refractivity contribution in [1.29, 1.82) is 0 Å². The molecule has 1 N–H and O–H groups in total. The molecule has 3 rings (SSSR count). The van der Waals surface area contributed by atoms with Gasteiger partial charge >= 0.3 is 6.03 Å². The van der Waals surface area contributed by atoms with Crippen molar-refractivity contribution in [3.8, 4) is 0 Å². The van der Waals surface area contributed by atoms with Gasteiger partial charge in [0, 0.05) is 23.7 Å². The first-order valence-corrected chi connectivity index (χ1v) is 12.8. The number of carbonyl (C=O) groups is 2. The van der Waals surface area contributed by atoms with Gasteiger partial charge in [0.1, 0.15) is 6.54 Å². The monoisotopic (exact) mass is 477 g/mol. The molecular formula is C28H35N3O2S. The fraction of sp³-hybridized carbons (Fsp3) is 0.357. The summed E-state index contributed by atoms with van der Waals surface area (Å²) in [6.07, 6.45) is 1.79. The quantitative estimate of drug-likeness (QED) is 0.333. The number of carbonyl (C=O) groups excluding carboxylic acids is 2. The fourth-order valence-corrected chi connectivity index (χ4v) is 4.36. The molecule has 0 fully saturated rings. The molecule has 34 heavy (non-hydrogen) atoms. The van der Waals surface area contributed by atoms with E-state index in [2.05, 4.69) is 26.1 Å². The van der Waals surface area contributed by atoms with Crippen LogP contribution >= 0.6 is 11.3 Å². The van der Waals surface area contributed by atoms with Gasteiger partial charge < -0.3 is 15.1 Å². The lowest BCUT2D eigenvalue weighted by molar-refractivity contribution is -0.133. The standard InChI is InChI=1S/C28H35N3O2S/c1-4-5-17-30(28(33)29-25-15-13-24(14-16-25)22(2)3)21-27(32)31(20-26-12-9-18-34-26)19-23-10-7-6-8-11-23/h6-16,18,22H,4-5,17,19-21H2,1-3H3,(H,29,33). The smallest absolute Gasteiger partial charge is 0.322 e. The van der Waals surface area contributed by atoms with Gasteiger partial charge in [-0.25, -0.2) is 4.79 Å². The van der Waals surface area contributed by atoms with E-state index in [4.69, 9.17) is 0 Å². The van der Waals surface area contributed by atoms with Crippen LogP contribution in [0.2, 0.25) is 0 Å². The second-order valence-electron chi connectivity index (χ2n) is 8.80. The predicted molar refractivity (Wildman–Crippen MR) is 141 cm³/mol. The van der Waals surface area contributed by atoms with E-state index in [1.54, 1.807) is 16.2 Å². The van der Waals surface area contributed by atoms with Crippen LogP contribution in [0.4, 0.5) is 10.5 Å². The largest absolute Gasteiger partial charge is 0.332 e. The molecule has 180 valence electrons. The van der Waals surface area contributed by atoms with Crippen LogP contribution < -0.4 is 5.32 Å². The normalized spacial score (nSPS) is 10.8. The number of unbranched alkanes of at least 4 members (excludes halogenated alkanes) is 1. The summed E-state index contributed by atoms with van der Waals surface area (Å²) >= 11 is 1.64. The van der Waals surface area contributed by atoms with Gasteiger partial charge in [-0.2, -0.15) is 0 Å². The third kappa shape index (κ3) is 7.73. The minimum atomic E-state index is -0.241. The molecule has 0 saturated heterocycles. The van der Waals surface area contributed by atoms with Crippen molar-refractivity contribution in [2.75, 3.05) is 18.4 Å². The molecule has 3 aromatic rings. The number of nitrogens with one attached hydrogen (secondary N) is 1. The Hall–Kier alpha value is -3.12. The summed E-state index contributed by atoms with van der Waals surface area (Å²) in [5.41, 5.74) is 3.03. The Labute approximate surface area is 207 Å². The Morgan fingerprint density at radius 3 is 2.26 bits per heavy atom. The van der Waals surface area contributed by atoms with Crippen LogP contribution in [0, 0.1) is 0 Å². The lowest BCUT2D eigenvalue weighted by atomic mass is 10.0. The maximum Gasteiger partial charge on any atom is 0.322 e. The average molecular weight is 478 g/mol. The Kier molecular flexibility index (Phi) is 9.71. The summed E-state index contributed by atoms with van der Waals surface area (Å²) in [4.78, 5) is 31.1. The molecule has 6 heteroatoms. The van der Waals surface area contributed by atoms with E-state index in [-0.39, 0.29) is 18.5 Å². The molecule has 3 amide bonds. The highest BCUT2D eigenvalue weighted by atomic mass is 32.1. The molecule has 1 heterocycles. The molecule has 0 aliphatic carbocycles. The first kappa shape index (κ1) is 25.5. The van der Waals surface area contributed by atoms with Crippen molar-refractivity contribution in [2.45, 2.75) is 52.6 Å². The van der Waals surface area contributed by atoms with Crippen molar-refractivity contribution < 1.29 is 9.59 Å². The fourth-order valence-electron chi connectivity index (χ4n) is 3.65. The van der Waals surface area contributed by atoms with Crippen LogP contribution in [-0.4, -0.2) is 34.8 Å². The molecule has 0 radical (unpaired) electrons. The Bertz CT molecular complexity index is 1020. The topological polar surface area (TPSA) is 52.7 Å². The van der Waals surface area contributed by atoms with Gasteiger partial charge in [0.05, 0.1) is 6.54 Å². The molecule has 0 aliphatic rings. The van der Waals surface area contributed by atoms with E-state index in [1.165, 1.54) is 5.56 Å². The number of hydrogen-bond acceptors (Lipinski definition) is 3. The average Bonchev–Trinajstić information content (AvgIpc) is 3.35. The van der Waals surface area contributed by atoms with Crippen LogP contribution in [0.25, 0.3) is 0 Å². The predicted octanol–water partition coefficient (Wildman–Crippen LogP) is 6.73. The van der Waals surface area contributed by atoms with Crippen molar-refractivity contribution >= 4 is 29.0 Å². The molecule has 5 nitrogen and oxygen atoms in total. The summed E-state index contributed by atoms with van der Waals surface area (Å²) in [7, 11) is 0. The van der Waals surface area contributed by atoms with Crippen molar-refractivity contribution in [2.24, 2.45) is 0 Å². The third-order valence-electron chi connectivity index (χ3n) is 5.72. The molecule has 2 aromatic carbocycles. The number of thiophene rings is 1. The Morgan fingerprint density at radius 2 is 1.65 bits per heavy atom. The first-order valence-electron chi connectivity index (χ1n) is 12.0. The highest BCUT2D eigenvalue weighted by molar-refractivity contribution is 7.09. The molecule has 0 bridgehead atoms. The van der Waals surface area contributed by atoms with Gasteiger partial charge in [0.25, 0.3) is 0 Å². The number of amides is 3. The van der Waals surface area contributed by atoms with Gasteiger partial charge in [-0.15, -0.1) is 11.3 Å². The highest BCUT2D eigenvalue weighted by Crippen LogP contribution is 2.18. The number of anilines is 1. The van der Waals surface area contributed by atoms with Crippen LogP contribution in [0.15, 0.2) is 72.1 Å². The van der Waals surface area contributed by atoms with E-state index in [1.807, 2.05) is 77.0 Å². The maximum atomic E-state index is 13.4. The van der Waals surface area contributed by atoms with E-state index < -0.39 is 0 Å². The number of benzene rings is 2. The zero-order valence-corrected chi connectivity index (χ0v) is 21.2. The summed E-state index contributed by atoms with van der Waals surface area (Å²) in [6.45, 7) is 8.00. The molecule has 0 saturated carbocycles. The first-order chi connectivity index (χ1) is 16.5. The van der Waals surface area contributed by atoms with Crippen LogP contribution in [-0.2, 0) is 17.9 Å². The van der Waals surface area contributed by atoms with E-state index in [0.29, 0.717) is 25.6 Å². The van der Waals surface area contributed by atoms with Crippen LogP contribution in [0.5, 0.6) is 0 Å². The molecule has 1 aromatic heterocycles. The van der Waals surface area contributed by atoms with Gasteiger partial charge in [0.2, 0.25) is 5.91 Å². The second kappa shape index (κ2) is 12.9. The van der Waals surface area contributed by atoms with E-state index in [0.717, 1.165) is 29.0 Å². The van der Waals surface area contributed by atoms with Gasteiger partial charge in [-0.1, -0.05) is 75.7 Å². The third-order valence-corrected chi connectivity index (χ3v) is 6.58. The minimum absolute atomic E-state index is 0.0497. The lowest BCUT2D eigenvalue weighted by Crippen LogP contribution is -2.44. The number of nitrogens with zero attached hydrogens (tertiary/aromatic N) is 2.